The summed E-state index contributed by atoms with van der Waals surface area (Å²) in [4.78, 5) is 0. The van der Waals surface area contributed by atoms with Crippen LogP contribution in [0.15, 0.2) is 49.1 Å². The summed E-state index contributed by atoms with van der Waals surface area (Å²) in [5.41, 5.74) is 1.09. The number of rotatable bonds is 16. The minimum absolute atomic E-state index is 0.00544. The zero-order valence-electron chi connectivity index (χ0n) is 21.3. The van der Waals surface area contributed by atoms with E-state index in [4.69, 9.17) is 13.9 Å². The minimum Gasteiger partial charge on any atom is -0.497 e. The van der Waals surface area contributed by atoms with Crippen LogP contribution in [0.1, 0.15) is 47.1 Å². The molecule has 32 heavy (non-hydrogen) atoms. The summed E-state index contributed by atoms with van der Waals surface area (Å²) >= 11 is 0. The molecule has 5 heteroatoms. The number of hydrogen-bond acceptors (Lipinski definition) is 4. The fourth-order valence-corrected chi connectivity index (χ4v) is 7.39. The molecule has 1 aromatic carbocycles. The third-order valence-corrected chi connectivity index (χ3v) is 11.5. The molecule has 0 fully saturated rings. The van der Waals surface area contributed by atoms with Gasteiger partial charge in [-0.3, -0.25) is 0 Å². The molecule has 0 bridgehead atoms. The number of aliphatic hydroxyl groups excluding tert-OH is 1. The SMILES string of the molecule is C=C/C=C\[C@H](C)[C@H](O[Si](CC)(CC)CC)[C@@H](C)[C@H](OCc1ccc(OC)cc1)[C@@H](C)CO. The van der Waals surface area contributed by atoms with Gasteiger partial charge in [-0.05, 0) is 41.7 Å². The second kappa shape index (κ2) is 14.7. The highest BCUT2D eigenvalue weighted by Gasteiger charge is 2.39. The Morgan fingerprint density at radius 1 is 1.00 bits per heavy atom. The first-order valence-electron chi connectivity index (χ1n) is 12.1. The summed E-state index contributed by atoms with van der Waals surface area (Å²) < 4.78 is 18.8. The molecule has 0 saturated carbocycles. The minimum atomic E-state index is -1.83. The number of aliphatic hydroxyl groups is 1. The molecule has 1 aromatic rings. The molecule has 0 aliphatic carbocycles. The van der Waals surface area contributed by atoms with Gasteiger partial charge in [-0.1, -0.05) is 78.5 Å². The lowest BCUT2D eigenvalue weighted by atomic mass is 9.84. The Bertz CT molecular complexity index is 660. The van der Waals surface area contributed by atoms with Crippen LogP contribution < -0.4 is 4.74 Å². The molecule has 1 N–H and O–H groups in total. The van der Waals surface area contributed by atoms with Gasteiger partial charge in [-0.25, -0.2) is 0 Å². The summed E-state index contributed by atoms with van der Waals surface area (Å²) in [5.74, 6) is 1.18. The molecule has 0 heterocycles. The van der Waals surface area contributed by atoms with Gasteiger partial charge in [0, 0.05) is 18.4 Å². The van der Waals surface area contributed by atoms with Gasteiger partial charge in [0.2, 0.25) is 0 Å². The van der Waals surface area contributed by atoms with E-state index in [1.165, 1.54) is 0 Å². The topological polar surface area (TPSA) is 47.9 Å². The molecular weight excluding hydrogens is 416 g/mol. The maximum absolute atomic E-state index is 10.00. The van der Waals surface area contributed by atoms with Crippen molar-refractivity contribution in [3.05, 3.63) is 54.6 Å². The van der Waals surface area contributed by atoms with Gasteiger partial charge in [-0.15, -0.1) is 0 Å². The van der Waals surface area contributed by atoms with E-state index in [9.17, 15) is 5.11 Å². The quantitative estimate of drug-likeness (QED) is 0.222. The second-order valence-electron chi connectivity index (χ2n) is 8.95. The standard InChI is InChI=1S/C27H46O4Si/c1-9-13-14-21(5)27(31-32(10-2,11-3)12-4)23(7)26(22(6)19-28)30-20-24-15-17-25(29-8)18-16-24/h9,13-18,21-23,26-28H,1,10-12,19-20H2,2-8H3/b14-13-/t21-,22-,23-,26+,27-/m0/s1. The predicted molar refractivity (Wildman–Crippen MR) is 138 cm³/mol. The fourth-order valence-electron chi connectivity index (χ4n) is 4.38. The third kappa shape index (κ3) is 8.18. The Balaban J connectivity index is 3.16. The average molecular weight is 463 g/mol. The first-order valence-corrected chi connectivity index (χ1v) is 14.7. The Morgan fingerprint density at radius 3 is 2.06 bits per heavy atom. The second-order valence-corrected chi connectivity index (χ2v) is 13.7. The summed E-state index contributed by atoms with van der Waals surface area (Å²) in [6.07, 6.45) is 5.90. The first kappa shape index (κ1) is 28.6. The molecule has 0 unspecified atom stereocenters. The van der Waals surface area contributed by atoms with Gasteiger partial charge in [0.15, 0.2) is 8.32 Å². The van der Waals surface area contributed by atoms with E-state index in [1.54, 1.807) is 7.11 Å². The summed E-state index contributed by atoms with van der Waals surface area (Å²) in [7, 11) is -0.158. The van der Waals surface area contributed by atoms with Crippen LogP contribution in [0.25, 0.3) is 0 Å². The van der Waals surface area contributed by atoms with E-state index in [-0.39, 0.29) is 36.6 Å². The molecule has 0 spiro atoms. The number of methoxy groups -OCH3 is 1. The molecule has 0 aliphatic rings. The van der Waals surface area contributed by atoms with Crippen LogP contribution in [-0.2, 0) is 15.8 Å². The lowest BCUT2D eigenvalue weighted by molar-refractivity contribution is -0.0775. The average Bonchev–Trinajstić information content (AvgIpc) is 2.83. The summed E-state index contributed by atoms with van der Waals surface area (Å²) in [6.45, 7) is 17.7. The Morgan fingerprint density at radius 2 is 1.59 bits per heavy atom. The van der Waals surface area contributed by atoms with E-state index in [2.05, 4.69) is 54.2 Å². The van der Waals surface area contributed by atoms with E-state index >= 15 is 0 Å². The smallest absolute Gasteiger partial charge is 0.192 e. The van der Waals surface area contributed by atoms with Crippen molar-refractivity contribution < 1.29 is 19.0 Å². The van der Waals surface area contributed by atoms with Gasteiger partial charge in [0.25, 0.3) is 0 Å². The molecule has 0 aromatic heterocycles. The Kier molecular flexibility index (Phi) is 13.1. The summed E-state index contributed by atoms with van der Waals surface area (Å²) in [5, 5.41) is 10.00. The van der Waals surface area contributed by atoms with Crippen LogP contribution in [-0.4, -0.2) is 39.3 Å². The molecule has 0 radical (unpaired) electrons. The van der Waals surface area contributed by atoms with Crippen molar-refractivity contribution in [2.45, 2.75) is 78.5 Å². The highest BCUT2D eigenvalue weighted by Crippen LogP contribution is 2.33. The van der Waals surface area contributed by atoms with Gasteiger partial charge < -0.3 is 19.0 Å². The van der Waals surface area contributed by atoms with Crippen LogP contribution in [0.3, 0.4) is 0 Å². The zero-order valence-corrected chi connectivity index (χ0v) is 22.3. The van der Waals surface area contributed by atoms with E-state index in [1.807, 2.05) is 36.4 Å². The van der Waals surface area contributed by atoms with Gasteiger partial charge >= 0.3 is 0 Å². The van der Waals surface area contributed by atoms with Crippen LogP contribution in [0.4, 0.5) is 0 Å². The largest absolute Gasteiger partial charge is 0.497 e. The van der Waals surface area contributed by atoms with Crippen molar-refractivity contribution >= 4 is 8.32 Å². The van der Waals surface area contributed by atoms with Crippen molar-refractivity contribution in [3.8, 4) is 5.75 Å². The van der Waals surface area contributed by atoms with Gasteiger partial charge in [0.1, 0.15) is 5.75 Å². The Labute approximate surface area is 197 Å². The zero-order chi connectivity index (χ0) is 24.1. The highest BCUT2D eigenvalue weighted by atomic mass is 28.4. The molecule has 0 saturated heterocycles. The Hall–Kier alpha value is -1.40. The van der Waals surface area contributed by atoms with Crippen LogP contribution in [0.2, 0.25) is 18.1 Å². The monoisotopic (exact) mass is 462 g/mol. The van der Waals surface area contributed by atoms with Crippen molar-refractivity contribution in [1.82, 2.24) is 0 Å². The highest BCUT2D eigenvalue weighted by molar-refractivity contribution is 6.73. The number of hydrogen-bond donors (Lipinski definition) is 1. The number of allylic oxidation sites excluding steroid dienone is 2. The summed E-state index contributed by atoms with van der Waals surface area (Å²) in [6, 6.07) is 11.3. The van der Waals surface area contributed by atoms with Crippen LogP contribution >= 0.6 is 0 Å². The lowest BCUT2D eigenvalue weighted by Gasteiger charge is -2.42. The molecule has 0 amide bonds. The number of benzene rings is 1. The lowest BCUT2D eigenvalue weighted by Crippen LogP contribution is -2.48. The molecular formula is C27H46O4Si. The normalized spacial score (nSPS) is 17.0. The van der Waals surface area contributed by atoms with Crippen LogP contribution in [0.5, 0.6) is 5.75 Å². The molecule has 5 atom stereocenters. The van der Waals surface area contributed by atoms with E-state index < -0.39 is 8.32 Å². The molecule has 0 aliphatic heterocycles. The first-order chi connectivity index (χ1) is 15.3. The van der Waals surface area contributed by atoms with Crippen molar-refractivity contribution in [3.63, 3.8) is 0 Å². The molecule has 182 valence electrons. The van der Waals surface area contributed by atoms with Gasteiger partial charge in [-0.2, -0.15) is 0 Å². The third-order valence-electron chi connectivity index (χ3n) is 6.87. The van der Waals surface area contributed by atoms with Crippen molar-refractivity contribution in [1.29, 1.82) is 0 Å². The maximum atomic E-state index is 10.00. The molecule has 1 rings (SSSR count). The fraction of sp³-hybridized carbons (Fsp3) is 0.630. The predicted octanol–water partition coefficient (Wildman–Crippen LogP) is 6.61. The van der Waals surface area contributed by atoms with Crippen molar-refractivity contribution in [2.75, 3.05) is 13.7 Å². The van der Waals surface area contributed by atoms with E-state index in [0.29, 0.717) is 6.61 Å². The van der Waals surface area contributed by atoms with Crippen molar-refractivity contribution in [2.24, 2.45) is 17.8 Å². The molecule has 4 nitrogen and oxygen atoms in total. The van der Waals surface area contributed by atoms with Crippen LogP contribution in [0, 0.1) is 17.8 Å². The number of ether oxygens (including phenoxy) is 2. The van der Waals surface area contributed by atoms with Gasteiger partial charge in [0.05, 0.1) is 25.9 Å². The van der Waals surface area contributed by atoms with E-state index in [0.717, 1.165) is 29.4 Å². The maximum Gasteiger partial charge on any atom is 0.192 e.